The molecule has 1 aromatic carbocycles. The number of ether oxygens (including phenoxy) is 1. The third kappa shape index (κ3) is 4.46. The van der Waals surface area contributed by atoms with Crippen LogP contribution in [0.2, 0.25) is 0 Å². The van der Waals surface area contributed by atoms with E-state index in [9.17, 15) is 4.79 Å². The van der Waals surface area contributed by atoms with Crippen molar-refractivity contribution in [2.24, 2.45) is 0 Å². The number of rotatable bonds is 6. The number of nitrogens with zero attached hydrogens (tertiary/aromatic N) is 3. The fourth-order valence-electron chi connectivity index (χ4n) is 3.05. The van der Waals surface area contributed by atoms with Crippen LogP contribution in [-0.4, -0.2) is 46.9 Å². The van der Waals surface area contributed by atoms with Gasteiger partial charge >= 0.3 is 0 Å². The Balaban J connectivity index is 1.72. The van der Waals surface area contributed by atoms with Crippen molar-refractivity contribution in [3.05, 3.63) is 47.3 Å². The van der Waals surface area contributed by atoms with Crippen molar-refractivity contribution in [2.75, 3.05) is 31.6 Å². The predicted octanol–water partition coefficient (Wildman–Crippen LogP) is 2.69. The molecule has 0 atom stereocenters. The minimum Gasteiger partial charge on any atom is -0.379 e. The van der Waals surface area contributed by atoms with E-state index in [2.05, 4.69) is 28.3 Å². The van der Waals surface area contributed by atoms with Crippen LogP contribution in [0.1, 0.15) is 35.0 Å². The van der Waals surface area contributed by atoms with Crippen LogP contribution < -0.4 is 5.32 Å². The van der Waals surface area contributed by atoms with Gasteiger partial charge in [0.1, 0.15) is 0 Å². The van der Waals surface area contributed by atoms with E-state index < -0.39 is 0 Å². The predicted molar refractivity (Wildman–Crippen MR) is 97.7 cm³/mol. The van der Waals surface area contributed by atoms with Gasteiger partial charge in [-0.15, -0.1) is 0 Å². The van der Waals surface area contributed by atoms with E-state index in [4.69, 9.17) is 4.74 Å². The monoisotopic (exact) mass is 342 g/mol. The van der Waals surface area contributed by atoms with Crippen molar-refractivity contribution in [1.82, 2.24) is 14.7 Å². The lowest BCUT2D eigenvalue weighted by Gasteiger charge is -2.27. The number of benzene rings is 1. The molecule has 1 aromatic heterocycles. The SMILES string of the molecule is CCCn1cc(C(=O)Nc2ccccc2CN2CCOCC2)c(C)n1. The second-order valence-electron chi connectivity index (χ2n) is 6.39. The maximum Gasteiger partial charge on any atom is 0.259 e. The Morgan fingerprint density at radius 1 is 1.28 bits per heavy atom. The maximum absolute atomic E-state index is 12.7. The van der Waals surface area contributed by atoms with Crippen LogP contribution in [0.3, 0.4) is 0 Å². The summed E-state index contributed by atoms with van der Waals surface area (Å²) < 4.78 is 7.24. The summed E-state index contributed by atoms with van der Waals surface area (Å²) in [5.41, 5.74) is 3.38. The minimum absolute atomic E-state index is 0.103. The summed E-state index contributed by atoms with van der Waals surface area (Å²) in [5.74, 6) is -0.103. The number of aryl methyl sites for hydroxylation is 2. The summed E-state index contributed by atoms with van der Waals surface area (Å²) in [6.07, 6.45) is 2.82. The Morgan fingerprint density at radius 2 is 2.04 bits per heavy atom. The molecule has 3 rings (SSSR count). The smallest absolute Gasteiger partial charge is 0.259 e. The van der Waals surface area contributed by atoms with Gasteiger partial charge in [0.2, 0.25) is 0 Å². The average molecular weight is 342 g/mol. The molecule has 25 heavy (non-hydrogen) atoms. The van der Waals surface area contributed by atoms with Crippen molar-refractivity contribution >= 4 is 11.6 Å². The molecule has 0 radical (unpaired) electrons. The first-order chi connectivity index (χ1) is 12.2. The molecule has 6 nitrogen and oxygen atoms in total. The lowest BCUT2D eigenvalue weighted by atomic mass is 10.1. The molecule has 2 aromatic rings. The number of hydrogen-bond acceptors (Lipinski definition) is 4. The Kier molecular flexibility index (Phi) is 5.83. The van der Waals surface area contributed by atoms with Crippen molar-refractivity contribution in [3.63, 3.8) is 0 Å². The van der Waals surface area contributed by atoms with Gasteiger partial charge in [0.25, 0.3) is 5.91 Å². The van der Waals surface area contributed by atoms with Crippen LogP contribution in [0, 0.1) is 6.92 Å². The van der Waals surface area contributed by atoms with Gasteiger partial charge in [0.05, 0.1) is 24.5 Å². The number of carbonyl (C=O) groups excluding carboxylic acids is 1. The van der Waals surface area contributed by atoms with Gasteiger partial charge in [-0.2, -0.15) is 5.10 Å². The molecule has 1 amide bonds. The Bertz CT molecular complexity index is 720. The number of amides is 1. The molecular formula is C19H26N4O2. The van der Waals surface area contributed by atoms with E-state index in [-0.39, 0.29) is 5.91 Å². The van der Waals surface area contributed by atoms with Crippen LogP contribution in [-0.2, 0) is 17.8 Å². The lowest BCUT2D eigenvalue weighted by Crippen LogP contribution is -2.35. The van der Waals surface area contributed by atoms with Crippen LogP contribution in [0.25, 0.3) is 0 Å². The first-order valence-corrected chi connectivity index (χ1v) is 8.90. The van der Waals surface area contributed by atoms with Crippen molar-refractivity contribution in [2.45, 2.75) is 33.4 Å². The number of carbonyl (C=O) groups is 1. The van der Waals surface area contributed by atoms with E-state index in [0.29, 0.717) is 5.56 Å². The fourth-order valence-corrected chi connectivity index (χ4v) is 3.05. The largest absolute Gasteiger partial charge is 0.379 e. The number of aromatic nitrogens is 2. The third-order valence-corrected chi connectivity index (χ3v) is 4.41. The molecule has 1 N–H and O–H groups in total. The number of para-hydroxylation sites is 1. The average Bonchev–Trinajstić information content (AvgIpc) is 2.98. The summed E-state index contributed by atoms with van der Waals surface area (Å²) in [7, 11) is 0. The maximum atomic E-state index is 12.7. The Morgan fingerprint density at radius 3 is 2.80 bits per heavy atom. The van der Waals surface area contributed by atoms with E-state index >= 15 is 0 Å². The second-order valence-corrected chi connectivity index (χ2v) is 6.39. The molecule has 0 aliphatic carbocycles. The van der Waals surface area contributed by atoms with Crippen LogP contribution in [0.15, 0.2) is 30.5 Å². The first kappa shape index (κ1) is 17.6. The molecule has 0 unspecified atom stereocenters. The Hall–Kier alpha value is -2.18. The molecule has 2 heterocycles. The van der Waals surface area contributed by atoms with Crippen molar-refractivity contribution < 1.29 is 9.53 Å². The van der Waals surface area contributed by atoms with Gasteiger partial charge in [-0.1, -0.05) is 25.1 Å². The standard InChI is InChI=1S/C19H26N4O2/c1-3-8-23-14-17(15(2)21-23)19(24)20-18-7-5-4-6-16(18)13-22-9-11-25-12-10-22/h4-7,14H,3,8-13H2,1-2H3,(H,20,24). The molecule has 134 valence electrons. The van der Waals surface area contributed by atoms with Crippen LogP contribution in [0.4, 0.5) is 5.69 Å². The number of nitrogens with one attached hydrogen (secondary N) is 1. The molecule has 1 saturated heterocycles. The molecule has 1 aliphatic rings. The number of anilines is 1. The zero-order chi connectivity index (χ0) is 17.6. The van der Waals surface area contributed by atoms with Gasteiger partial charge in [0.15, 0.2) is 0 Å². The quantitative estimate of drug-likeness (QED) is 0.877. The van der Waals surface area contributed by atoms with Gasteiger partial charge in [-0.3, -0.25) is 14.4 Å². The summed E-state index contributed by atoms with van der Waals surface area (Å²) in [6, 6.07) is 7.99. The zero-order valence-corrected chi connectivity index (χ0v) is 15.0. The van der Waals surface area contributed by atoms with Crippen LogP contribution in [0.5, 0.6) is 0 Å². The molecule has 0 saturated carbocycles. The summed E-state index contributed by atoms with van der Waals surface area (Å²) in [6.45, 7) is 8.99. The Labute approximate surface area is 148 Å². The first-order valence-electron chi connectivity index (χ1n) is 8.90. The highest BCUT2D eigenvalue weighted by molar-refractivity contribution is 6.05. The molecular weight excluding hydrogens is 316 g/mol. The van der Waals surface area contributed by atoms with Crippen molar-refractivity contribution in [3.8, 4) is 0 Å². The van der Waals surface area contributed by atoms with E-state index in [1.54, 1.807) is 0 Å². The van der Waals surface area contributed by atoms with Crippen LogP contribution >= 0.6 is 0 Å². The molecule has 1 fully saturated rings. The number of hydrogen-bond donors (Lipinski definition) is 1. The molecule has 0 bridgehead atoms. The lowest BCUT2D eigenvalue weighted by molar-refractivity contribution is 0.0342. The van der Waals surface area contributed by atoms with Crippen molar-refractivity contribution in [1.29, 1.82) is 0 Å². The number of morpholine rings is 1. The summed E-state index contributed by atoms with van der Waals surface area (Å²) in [5, 5.41) is 7.48. The van der Waals surface area contributed by atoms with E-state index in [0.717, 1.165) is 62.8 Å². The molecule has 1 aliphatic heterocycles. The van der Waals surface area contributed by atoms with E-state index in [1.165, 1.54) is 0 Å². The highest BCUT2D eigenvalue weighted by Gasteiger charge is 2.17. The molecule has 6 heteroatoms. The van der Waals surface area contributed by atoms with Gasteiger partial charge in [-0.05, 0) is 25.0 Å². The van der Waals surface area contributed by atoms with Gasteiger partial charge in [-0.25, -0.2) is 0 Å². The minimum atomic E-state index is -0.103. The van der Waals surface area contributed by atoms with Gasteiger partial charge < -0.3 is 10.1 Å². The topological polar surface area (TPSA) is 59.4 Å². The molecule has 0 spiro atoms. The zero-order valence-electron chi connectivity index (χ0n) is 15.0. The second kappa shape index (κ2) is 8.27. The third-order valence-electron chi connectivity index (χ3n) is 4.41. The normalized spacial score (nSPS) is 15.3. The summed E-state index contributed by atoms with van der Waals surface area (Å²) in [4.78, 5) is 15.0. The van der Waals surface area contributed by atoms with Gasteiger partial charge in [0, 0.05) is 38.1 Å². The highest BCUT2D eigenvalue weighted by atomic mass is 16.5. The van der Waals surface area contributed by atoms with E-state index in [1.807, 2.05) is 36.0 Å². The fraction of sp³-hybridized carbons (Fsp3) is 0.474. The highest BCUT2D eigenvalue weighted by Crippen LogP contribution is 2.19. The summed E-state index contributed by atoms with van der Waals surface area (Å²) >= 11 is 0.